The third-order valence-corrected chi connectivity index (χ3v) is 1.42. The van der Waals surface area contributed by atoms with Crippen molar-refractivity contribution < 1.29 is 0 Å². The van der Waals surface area contributed by atoms with Gasteiger partial charge in [0.05, 0.1) is 5.69 Å². The highest BCUT2D eigenvalue weighted by Gasteiger charge is 2.00. The molecule has 66 valence electrons. The molecule has 1 rings (SSSR count). The zero-order valence-electron chi connectivity index (χ0n) is 8.02. The van der Waals surface area contributed by atoms with E-state index in [-0.39, 0.29) is 0 Å². The molecule has 1 heterocycles. The van der Waals surface area contributed by atoms with Gasteiger partial charge < -0.3 is 0 Å². The molecule has 0 spiro atoms. The number of H-pyrrole nitrogens is 1. The fourth-order valence-electron chi connectivity index (χ4n) is 0.870. The van der Waals surface area contributed by atoms with E-state index in [9.17, 15) is 0 Å². The van der Waals surface area contributed by atoms with E-state index >= 15 is 0 Å². The number of hydrogen-bond acceptors (Lipinski definition) is 1. The number of nitrogens with one attached hydrogen (secondary N) is 1. The molecule has 0 aliphatic heterocycles. The molecular formula is C10H16N2. The second-order valence-electron chi connectivity index (χ2n) is 2.06. The molecule has 0 radical (unpaired) electrons. The Morgan fingerprint density at radius 1 is 1.25 bits per heavy atom. The lowest BCUT2D eigenvalue weighted by molar-refractivity contribution is 1.04. The molecule has 1 aromatic rings. The van der Waals surface area contributed by atoms with Crippen LogP contribution in [0.2, 0.25) is 0 Å². The molecule has 1 N–H and O–H groups in total. The van der Waals surface area contributed by atoms with Gasteiger partial charge in [0, 0.05) is 11.3 Å². The van der Waals surface area contributed by atoms with Crippen molar-refractivity contribution in [2.24, 2.45) is 0 Å². The first-order valence-corrected chi connectivity index (χ1v) is 4.09. The summed E-state index contributed by atoms with van der Waals surface area (Å²) in [4.78, 5) is 0. The Bertz CT molecular complexity index is 259. The third kappa shape index (κ3) is 2.09. The Morgan fingerprint density at radius 3 is 2.17 bits per heavy atom. The quantitative estimate of drug-likeness (QED) is 0.715. The smallest absolute Gasteiger partial charge is 0.0917 e. The van der Waals surface area contributed by atoms with Crippen LogP contribution in [0.3, 0.4) is 0 Å². The van der Waals surface area contributed by atoms with E-state index in [1.807, 2.05) is 20.8 Å². The first-order chi connectivity index (χ1) is 5.79. The van der Waals surface area contributed by atoms with E-state index in [1.54, 1.807) is 12.2 Å². The Morgan fingerprint density at radius 2 is 1.83 bits per heavy atom. The SMILES string of the molecule is C=Cc1n[nH]c(C)c1C=C.CC. The first kappa shape index (κ1) is 10.7. The average molecular weight is 164 g/mol. The van der Waals surface area contributed by atoms with Gasteiger partial charge in [-0.2, -0.15) is 5.10 Å². The topological polar surface area (TPSA) is 28.7 Å². The van der Waals surface area contributed by atoms with Crippen LogP contribution in [-0.2, 0) is 0 Å². The molecule has 12 heavy (non-hydrogen) atoms. The second-order valence-corrected chi connectivity index (χ2v) is 2.06. The van der Waals surface area contributed by atoms with Gasteiger partial charge in [-0.05, 0) is 13.0 Å². The highest BCUT2D eigenvalue weighted by molar-refractivity contribution is 5.62. The highest BCUT2D eigenvalue weighted by atomic mass is 15.1. The van der Waals surface area contributed by atoms with Crippen molar-refractivity contribution in [1.29, 1.82) is 0 Å². The van der Waals surface area contributed by atoms with Crippen molar-refractivity contribution in [2.45, 2.75) is 20.8 Å². The van der Waals surface area contributed by atoms with Crippen LogP contribution in [0.15, 0.2) is 13.2 Å². The predicted molar refractivity (Wildman–Crippen MR) is 54.9 cm³/mol. The monoisotopic (exact) mass is 164 g/mol. The van der Waals surface area contributed by atoms with Gasteiger partial charge in [-0.15, -0.1) is 0 Å². The number of rotatable bonds is 2. The van der Waals surface area contributed by atoms with Crippen LogP contribution in [0.5, 0.6) is 0 Å². The van der Waals surface area contributed by atoms with Crippen molar-refractivity contribution in [3.05, 3.63) is 30.1 Å². The summed E-state index contributed by atoms with van der Waals surface area (Å²) >= 11 is 0. The van der Waals surface area contributed by atoms with Crippen molar-refractivity contribution >= 4 is 12.2 Å². The van der Waals surface area contributed by atoms with E-state index in [0.717, 1.165) is 17.0 Å². The third-order valence-electron chi connectivity index (χ3n) is 1.42. The largest absolute Gasteiger partial charge is 0.282 e. The molecule has 2 nitrogen and oxygen atoms in total. The Balaban J connectivity index is 0.000000561. The van der Waals surface area contributed by atoms with Gasteiger partial charge in [-0.1, -0.05) is 33.1 Å². The van der Waals surface area contributed by atoms with Gasteiger partial charge in [0.2, 0.25) is 0 Å². The first-order valence-electron chi connectivity index (χ1n) is 4.09. The fraction of sp³-hybridized carbons (Fsp3) is 0.300. The predicted octanol–water partition coefficient (Wildman–Crippen LogP) is 3.03. The number of aromatic nitrogens is 2. The Hall–Kier alpha value is -1.31. The highest BCUT2D eigenvalue weighted by Crippen LogP contribution is 2.11. The normalized spacial score (nSPS) is 8.25. The summed E-state index contributed by atoms with van der Waals surface area (Å²) in [6.07, 6.45) is 3.48. The van der Waals surface area contributed by atoms with Crippen LogP contribution in [0.25, 0.3) is 12.2 Å². The van der Waals surface area contributed by atoms with Gasteiger partial charge in [0.1, 0.15) is 0 Å². The van der Waals surface area contributed by atoms with E-state index in [0.29, 0.717) is 0 Å². The fourth-order valence-corrected chi connectivity index (χ4v) is 0.870. The molecule has 0 atom stereocenters. The van der Waals surface area contributed by atoms with E-state index in [1.165, 1.54) is 0 Å². The Labute approximate surface area is 74.0 Å². The van der Waals surface area contributed by atoms with Gasteiger partial charge in [0.15, 0.2) is 0 Å². The van der Waals surface area contributed by atoms with Crippen LogP contribution in [0, 0.1) is 6.92 Å². The minimum atomic E-state index is 0.868. The summed E-state index contributed by atoms with van der Waals surface area (Å²) in [5.74, 6) is 0. The molecule has 0 aliphatic carbocycles. The maximum Gasteiger partial charge on any atom is 0.0917 e. The minimum absolute atomic E-state index is 0.868. The van der Waals surface area contributed by atoms with Crippen LogP contribution in [0.1, 0.15) is 30.8 Å². The lowest BCUT2D eigenvalue weighted by Crippen LogP contribution is -1.74. The molecule has 0 aromatic carbocycles. The molecule has 0 amide bonds. The molecule has 1 aromatic heterocycles. The van der Waals surface area contributed by atoms with Crippen molar-refractivity contribution in [3.8, 4) is 0 Å². The molecular weight excluding hydrogens is 148 g/mol. The maximum absolute atomic E-state index is 3.99. The van der Waals surface area contributed by atoms with Crippen LogP contribution >= 0.6 is 0 Å². The second kappa shape index (κ2) is 5.35. The lowest BCUT2D eigenvalue weighted by Gasteiger charge is -1.87. The van der Waals surface area contributed by atoms with Crippen molar-refractivity contribution in [3.63, 3.8) is 0 Å². The molecule has 0 saturated carbocycles. The average Bonchev–Trinajstić information content (AvgIpc) is 2.49. The molecule has 0 aliphatic rings. The van der Waals surface area contributed by atoms with Crippen LogP contribution in [-0.4, -0.2) is 10.2 Å². The number of nitrogens with zero attached hydrogens (tertiary/aromatic N) is 1. The van der Waals surface area contributed by atoms with Crippen LogP contribution < -0.4 is 0 Å². The number of aromatic amines is 1. The molecule has 0 saturated heterocycles. The van der Waals surface area contributed by atoms with E-state index in [4.69, 9.17) is 0 Å². The van der Waals surface area contributed by atoms with E-state index < -0.39 is 0 Å². The summed E-state index contributed by atoms with van der Waals surface area (Å²) in [5, 5.41) is 6.84. The lowest BCUT2D eigenvalue weighted by atomic mass is 10.2. The number of aryl methyl sites for hydroxylation is 1. The summed E-state index contributed by atoms with van der Waals surface area (Å²) in [6, 6.07) is 0. The minimum Gasteiger partial charge on any atom is -0.282 e. The van der Waals surface area contributed by atoms with E-state index in [2.05, 4.69) is 23.4 Å². The van der Waals surface area contributed by atoms with Crippen molar-refractivity contribution in [1.82, 2.24) is 10.2 Å². The van der Waals surface area contributed by atoms with Crippen molar-refractivity contribution in [2.75, 3.05) is 0 Å². The summed E-state index contributed by atoms with van der Waals surface area (Å²) < 4.78 is 0. The zero-order chi connectivity index (χ0) is 9.56. The summed E-state index contributed by atoms with van der Waals surface area (Å²) in [7, 11) is 0. The summed E-state index contributed by atoms with van der Waals surface area (Å²) in [5.41, 5.74) is 2.94. The maximum atomic E-state index is 3.99. The Kier molecular flexibility index (Phi) is 4.77. The standard InChI is InChI=1S/C8H10N2.C2H6/c1-4-7-6(3)9-10-8(7)5-2;1-2/h4-5H,1-2H2,3H3,(H,9,10);1-2H3. The molecule has 0 fully saturated rings. The zero-order valence-corrected chi connectivity index (χ0v) is 8.02. The summed E-state index contributed by atoms with van der Waals surface area (Å²) in [6.45, 7) is 13.2. The molecule has 0 unspecified atom stereocenters. The van der Waals surface area contributed by atoms with Gasteiger partial charge >= 0.3 is 0 Å². The van der Waals surface area contributed by atoms with Gasteiger partial charge in [0.25, 0.3) is 0 Å². The van der Waals surface area contributed by atoms with Gasteiger partial charge in [-0.25, -0.2) is 0 Å². The van der Waals surface area contributed by atoms with Crippen LogP contribution in [0.4, 0.5) is 0 Å². The molecule has 0 bridgehead atoms. The van der Waals surface area contributed by atoms with Gasteiger partial charge in [-0.3, -0.25) is 5.10 Å². The molecule has 2 heteroatoms. The number of hydrogen-bond donors (Lipinski definition) is 1.